The first-order valence-corrected chi connectivity index (χ1v) is 10.2. The maximum Gasteiger partial charge on any atom is 0.144 e. The Morgan fingerprint density at radius 1 is 1.21 bits per heavy atom. The molecule has 0 aliphatic carbocycles. The van der Waals surface area contributed by atoms with E-state index in [2.05, 4.69) is 28.5 Å². The number of methoxy groups -OCH3 is 1. The molecule has 1 aromatic carbocycles. The average molecular weight is 396 g/mol. The molecule has 154 valence electrons. The molecule has 0 spiro atoms. The Bertz CT molecular complexity index is 955. The van der Waals surface area contributed by atoms with E-state index in [0.29, 0.717) is 25.8 Å². The van der Waals surface area contributed by atoms with Gasteiger partial charge in [0.15, 0.2) is 0 Å². The van der Waals surface area contributed by atoms with Crippen molar-refractivity contribution in [3.05, 3.63) is 36.5 Å². The number of pyridine rings is 1. The zero-order chi connectivity index (χ0) is 20.2. The second-order valence-electron chi connectivity index (χ2n) is 7.34. The van der Waals surface area contributed by atoms with E-state index in [-0.39, 0.29) is 6.61 Å². The standard InChI is InChI=1S/C22H28N4O3/c1-16-5-4-10-25(16)20-9-8-17(15-23-20)22-24-18-6-3-7-19(28-2)21(18)26(22)11-13-29-14-12-27/h3,6-9,15-16,27H,4-5,10-14H2,1-2H3. The molecule has 3 heterocycles. The monoisotopic (exact) mass is 396 g/mol. The van der Waals surface area contributed by atoms with Crippen molar-refractivity contribution in [3.8, 4) is 17.1 Å². The third kappa shape index (κ3) is 3.93. The predicted molar refractivity (Wildman–Crippen MR) is 113 cm³/mol. The molecule has 1 atom stereocenters. The Morgan fingerprint density at radius 2 is 2.10 bits per heavy atom. The Kier molecular flexibility index (Phi) is 5.97. The van der Waals surface area contributed by atoms with E-state index in [1.807, 2.05) is 24.4 Å². The molecule has 1 aliphatic heterocycles. The van der Waals surface area contributed by atoms with Crippen molar-refractivity contribution in [3.63, 3.8) is 0 Å². The van der Waals surface area contributed by atoms with Crippen LogP contribution >= 0.6 is 0 Å². The fraction of sp³-hybridized carbons (Fsp3) is 0.455. The number of hydrogen-bond acceptors (Lipinski definition) is 6. The van der Waals surface area contributed by atoms with E-state index in [1.54, 1.807) is 7.11 Å². The molecular weight excluding hydrogens is 368 g/mol. The van der Waals surface area contributed by atoms with Crippen LogP contribution in [0.15, 0.2) is 36.5 Å². The molecule has 0 bridgehead atoms. The van der Waals surface area contributed by atoms with Crippen molar-refractivity contribution in [2.75, 3.05) is 38.4 Å². The van der Waals surface area contributed by atoms with Gasteiger partial charge in [-0.25, -0.2) is 9.97 Å². The molecule has 0 amide bonds. The summed E-state index contributed by atoms with van der Waals surface area (Å²) < 4.78 is 13.2. The van der Waals surface area contributed by atoms with Crippen molar-refractivity contribution in [2.24, 2.45) is 0 Å². The third-order valence-electron chi connectivity index (χ3n) is 5.50. The van der Waals surface area contributed by atoms with E-state index in [9.17, 15) is 0 Å². The van der Waals surface area contributed by atoms with Gasteiger partial charge in [0.1, 0.15) is 22.9 Å². The van der Waals surface area contributed by atoms with Gasteiger partial charge in [0.2, 0.25) is 0 Å². The van der Waals surface area contributed by atoms with Crippen LogP contribution in [-0.4, -0.2) is 59.2 Å². The predicted octanol–water partition coefficient (Wildman–Crippen LogP) is 3.10. The number of hydrogen-bond donors (Lipinski definition) is 1. The number of aliphatic hydroxyl groups is 1. The van der Waals surface area contributed by atoms with Gasteiger partial charge >= 0.3 is 0 Å². The van der Waals surface area contributed by atoms with Crippen LogP contribution in [0.5, 0.6) is 5.75 Å². The number of nitrogens with zero attached hydrogens (tertiary/aromatic N) is 4. The quantitative estimate of drug-likeness (QED) is 0.590. The number of aromatic nitrogens is 3. The molecule has 1 unspecified atom stereocenters. The fourth-order valence-corrected chi connectivity index (χ4v) is 4.04. The van der Waals surface area contributed by atoms with Crippen molar-refractivity contribution >= 4 is 16.9 Å². The number of benzene rings is 1. The number of anilines is 1. The summed E-state index contributed by atoms with van der Waals surface area (Å²) in [5.74, 6) is 2.63. The highest BCUT2D eigenvalue weighted by atomic mass is 16.5. The average Bonchev–Trinajstić information content (AvgIpc) is 3.35. The minimum Gasteiger partial charge on any atom is -0.494 e. The summed E-state index contributed by atoms with van der Waals surface area (Å²) in [7, 11) is 1.67. The lowest BCUT2D eigenvalue weighted by molar-refractivity contribution is 0.0876. The zero-order valence-corrected chi connectivity index (χ0v) is 17.0. The number of aliphatic hydroxyl groups excluding tert-OH is 1. The molecule has 1 aliphatic rings. The van der Waals surface area contributed by atoms with Crippen LogP contribution in [0, 0.1) is 0 Å². The second-order valence-corrected chi connectivity index (χ2v) is 7.34. The van der Waals surface area contributed by atoms with Gasteiger partial charge in [0.05, 0.1) is 32.4 Å². The highest BCUT2D eigenvalue weighted by Crippen LogP contribution is 2.32. The summed E-state index contributed by atoms with van der Waals surface area (Å²) >= 11 is 0. The maximum atomic E-state index is 8.97. The largest absolute Gasteiger partial charge is 0.494 e. The van der Waals surface area contributed by atoms with Gasteiger partial charge in [0, 0.05) is 30.9 Å². The van der Waals surface area contributed by atoms with Gasteiger partial charge in [-0.1, -0.05) is 6.07 Å². The van der Waals surface area contributed by atoms with Crippen LogP contribution in [-0.2, 0) is 11.3 Å². The first-order chi connectivity index (χ1) is 14.2. The number of imidazole rings is 1. The van der Waals surface area contributed by atoms with E-state index in [4.69, 9.17) is 24.5 Å². The second kappa shape index (κ2) is 8.80. The van der Waals surface area contributed by atoms with Crippen LogP contribution in [0.25, 0.3) is 22.4 Å². The van der Waals surface area contributed by atoms with Crippen LogP contribution in [0.1, 0.15) is 19.8 Å². The van der Waals surface area contributed by atoms with E-state index < -0.39 is 0 Å². The van der Waals surface area contributed by atoms with Gasteiger partial charge in [-0.15, -0.1) is 0 Å². The first-order valence-electron chi connectivity index (χ1n) is 10.2. The topological polar surface area (TPSA) is 72.6 Å². The Hall–Kier alpha value is -2.64. The highest BCUT2D eigenvalue weighted by molar-refractivity contribution is 5.86. The molecule has 1 saturated heterocycles. The Labute approximate surface area is 170 Å². The van der Waals surface area contributed by atoms with Gasteiger partial charge in [-0.3, -0.25) is 0 Å². The maximum absolute atomic E-state index is 8.97. The number of fused-ring (bicyclic) bond motifs is 1. The normalized spacial score (nSPS) is 16.7. The summed E-state index contributed by atoms with van der Waals surface area (Å²) in [4.78, 5) is 11.9. The van der Waals surface area contributed by atoms with Crippen LogP contribution in [0.3, 0.4) is 0 Å². The molecule has 2 aromatic heterocycles. The lowest BCUT2D eigenvalue weighted by Gasteiger charge is -2.22. The third-order valence-corrected chi connectivity index (χ3v) is 5.50. The molecule has 29 heavy (non-hydrogen) atoms. The summed E-state index contributed by atoms with van der Waals surface area (Å²) in [5.41, 5.74) is 2.77. The molecule has 7 heteroatoms. The first kappa shape index (κ1) is 19.7. The lowest BCUT2D eigenvalue weighted by atomic mass is 10.2. The van der Waals surface area contributed by atoms with Crippen LogP contribution in [0.2, 0.25) is 0 Å². The minimum absolute atomic E-state index is 0.0150. The summed E-state index contributed by atoms with van der Waals surface area (Å²) in [6.45, 7) is 4.74. The van der Waals surface area contributed by atoms with Gasteiger partial charge in [-0.05, 0) is 44.0 Å². The van der Waals surface area contributed by atoms with Crippen LogP contribution in [0.4, 0.5) is 5.82 Å². The minimum atomic E-state index is 0.0150. The number of ether oxygens (including phenoxy) is 2. The Morgan fingerprint density at radius 3 is 2.79 bits per heavy atom. The summed E-state index contributed by atoms with van der Waals surface area (Å²) in [5, 5.41) is 8.97. The molecule has 1 N–H and O–H groups in total. The molecule has 7 nitrogen and oxygen atoms in total. The summed E-state index contributed by atoms with van der Waals surface area (Å²) in [6.07, 6.45) is 4.33. The lowest BCUT2D eigenvalue weighted by Crippen LogP contribution is -2.26. The smallest absolute Gasteiger partial charge is 0.144 e. The van der Waals surface area contributed by atoms with Crippen LogP contribution < -0.4 is 9.64 Å². The number of rotatable bonds is 8. The van der Waals surface area contributed by atoms with Gasteiger partial charge in [0.25, 0.3) is 0 Å². The molecular formula is C22H28N4O3. The fourth-order valence-electron chi connectivity index (χ4n) is 4.04. The van der Waals surface area contributed by atoms with Crippen molar-refractivity contribution in [1.29, 1.82) is 0 Å². The highest BCUT2D eigenvalue weighted by Gasteiger charge is 2.22. The Balaban J connectivity index is 1.70. The van der Waals surface area contributed by atoms with Crippen molar-refractivity contribution < 1.29 is 14.6 Å². The van der Waals surface area contributed by atoms with Crippen molar-refractivity contribution in [2.45, 2.75) is 32.4 Å². The molecule has 0 radical (unpaired) electrons. The molecule has 3 aromatic rings. The zero-order valence-electron chi connectivity index (χ0n) is 17.0. The molecule has 0 saturated carbocycles. The van der Waals surface area contributed by atoms with Gasteiger partial charge in [-0.2, -0.15) is 0 Å². The molecule has 1 fully saturated rings. The van der Waals surface area contributed by atoms with E-state index in [1.165, 1.54) is 12.8 Å². The van der Waals surface area contributed by atoms with Gasteiger partial charge < -0.3 is 24.0 Å². The van der Waals surface area contributed by atoms with Crippen molar-refractivity contribution in [1.82, 2.24) is 14.5 Å². The number of para-hydroxylation sites is 1. The van der Waals surface area contributed by atoms with E-state index in [0.717, 1.165) is 40.5 Å². The van der Waals surface area contributed by atoms with E-state index >= 15 is 0 Å². The SMILES string of the molecule is COc1cccc2nc(-c3ccc(N4CCCC4C)nc3)n(CCOCCO)c12. The molecule has 4 rings (SSSR count). The summed E-state index contributed by atoms with van der Waals surface area (Å²) in [6, 6.07) is 10.6.